The Morgan fingerprint density at radius 3 is 1.85 bits per heavy atom. The van der Waals surface area contributed by atoms with E-state index in [-0.39, 0.29) is 5.41 Å². The van der Waals surface area contributed by atoms with Crippen molar-refractivity contribution in [1.29, 1.82) is 0 Å². The van der Waals surface area contributed by atoms with E-state index < -0.39 is 5.97 Å². The smallest absolute Gasteiger partial charge is 0.335 e. The van der Waals surface area contributed by atoms with Gasteiger partial charge >= 0.3 is 5.97 Å². The van der Waals surface area contributed by atoms with E-state index in [0.717, 1.165) is 62.8 Å². The molecule has 2 aromatic rings. The van der Waals surface area contributed by atoms with Crippen LogP contribution in [0, 0.1) is 5.41 Å². The van der Waals surface area contributed by atoms with E-state index >= 15 is 0 Å². The summed E-state index contributed by atoms with van der Waals surface area (Å²) < 4.78 is 16.9. The van der Waals surface area contributed by atoms with E-state index in [1.54, 1.807) is 12.1 Å². The molecule has 1 aliphatic heterocycles. The normalized spacial score (nSPS) is 14.6. The van der Waals surface area contributed by atoms with E-state index in [9.17, 15) is 4.79 Å². The molecule has 0 radical (unpaired) electrons. The van der Waals surface area contributed by atoms with Crippen molar-refractivity contribution in [1.82, 2.24) is 0 Å². The van der Waals surface area contributed by atoms with Gasteiger partial charge in [-0.1, -0.05) is 69.7 Å². The Bertz CT molecular complexity index is 824. The van der Waals surface area contributed by atoms with E-state index in [1.807, 2.05) is 36.4 Å². The average Bonchev–Trinajstić information content (AvgIpc) is 2.81. The fourth-order valence-corrected chi connectivity index (χ4v) is 3.96. The molecule has 0 bridgehead atoms. The second-order valence-corrected chi connectivity index (χ2v) is 9.44. The van der Waals surface area contributed by atoms with Gasteiger partial charge < -0.3 is 19.3 Å². The fourth-order valence-electron chi connectivity index (χ4n) is 3.96. The molecule has 180 valence electrons. The zero-order valence-electron chi connectivity index (χ0n) is 19.9. The van der Waals surface area contributed by atoms with Gasteiger partial charge in [0.2, 0.25) is 0 Å². The second kappa shape index (κ2) is 13.4. The summed E-state index contributed by atoms with van der Waals surface area (Å²) >= 11 is 0. The molecule has 5 nitrogen and oxygen atoms in total. The van der Waals surface area contributed by atoms with E-state index in [0.29, 0.717) is 5.56 Å². The number of ether oxygens (including phenoxy) is 3. The van der Waals surface area contributed by atoms with Crippen molar-refractivity contribution in [2.75, 3.05) is 33.0 Å². The lowest BCUT2D eigenvalue weighted by Gasteiger charge is -2.37. The summed E-state index contributed by atoms with van der Waals surface area (Å²) in [6.07, 6.45) is 9.88. The molecule has 5 heteroatoms. The molecule has 0 atom stereocenters. The first-order chi connectivity index (χ1) is 16.1. The summed E-state index contributed by atoms with van der Waals surface area (Å²) in [4.78, 5) is 11.0. The first-order valence-electron chi connectivity index (χ1n) is 12.3. The third kappa shape index (κ3) is 8.82. The Hall–Kier alpha value is -2.37. The maximum atomic E-state index is 11.0. The lowest BCUT2D eigenvalue weighted by molar-refractivity contribution is -0.137. The van der Waals surface area contributed by atoms with E-state index in [4.69, 9.17) is 19.3 Å². The van der Waals surface area contributed by atoms with Crippen molar-refractivity contribution < 1.29 is 24.1 Å². The Morgan fingerprint density at radius 1 is 0.818 bits per heavy atom. The SMILES string of the molecule is CC1(COCCCCCCCCCCOc2ccc(-c3ccc(C(=O)O)cc3)cc2)COC1. The topological polar surface area (TPSA) is 65.0 Å². The zero-order valence-corrected chi connectivity index (χ0v) is 19.9. The Kier molecular flexibility index (Phi) is 10.2. The summed E-state index contributed by atoms with van der Waals surface area (Å²) in [6, 6.07) is 14.9. The van der Waals surface area contributed by atoms with Crippen molar-refractivity contribution in [3.05, 3.63) is 54.1 Å². The number of benzene rings is 2. The number of rotatable bonds is 16. The number of aromatic carboxylic acids is 1. The van der Waals surface area contributed by atoms with Crippen LogP contribution in [-0.4, -0.2) is 44.1 Å². The molecule has 3 rings (SSSR count). The second-order valence-electron chi connectivity index (χ2n) is 9.44. The van der Waals surface area contributed by atoms with E-state index in [2.05, 4.69) is 6.92 Å². The van der Waals surface area contributed by atoms with Crippen LogP contribution >= 0.6 is 0 Å². The molecule has 2 aromatic carbocycles. The number of hydrogen-bond acceptors (Lipinski definition) is 4. The van der Waals surface area contributed by atoms with Crippen LogP contribution in [0.5, 0.6) is 5.75 Å². The van der Waals surface area contributed by atoms with Crippen LogP contribution in [0.1, 0.15) is 68.6 Å². The molecule has 1 N–H and O–H groups in total. The van der Waals surface area contributed by atoms with Crippen LogP contribution in [0.3, 0.4) is 0 Å². The summed E-state index contributed by atoms with van der Waals surface area (Å²) in [5, 5.41) is 9.00. The Labute approximate surface area is 198 Å². The highest BCUT2D eigenvalue weighted by Gasteiger charge is 2.33. The minimum Gasteiger partial charge on any atom is -0.494 e. The number of unbranched alkanes of at least 4 members (excludes halogenated alkanes) is 7. The maximum Gasteiger partial charge on any atom is 0.335 e. The van der Waals surface area contributed by atoms with Crippen LogP contribution < -0.4 is 4.74 Å². The van der Waals surface area contributed by atoms with E-state index in [1.165, 1.54) is 38.5 Å². The van der Waals surface area contributed by atoms with Gasteiger partial charge in [-0.05, 0) is 48.2 Å². The molecule has 0 amide bonds. The van der Waals surface area contributed by atoms with Crippen LogP contribution in [0.4, 0.5) is 0 Å². The molecule has 1 aliphatic rings. The molecule has 1 saturated heterocycles. The summed E-state index contributed by atoms with van der Waals surface area (Å²) in [5.41, 5.74) is 2.61. The van der Waals surface area contributed by atoms with Crippen LogP contribution in [0.2, 0.25) is 0 Å². The minimum atomic E-state index is -0.906. The van der Waals surface area contributed by atoms with Gasteiger partial charge in [-0.2, -0.15) is 0 Å². The standard InChI is InChI=1S/C28H38O5/c1-28(21-32-22-28)20-31-18-8-6-4-2-3-5-7-9-19-33-26-16-14-24(15-17-26)23-10-12-25(13-11-23)27(29)30/h10-17H,2-9,18-22H2,1H3,(H,29,30). The van der Waals surface area contributed by atoms with Crippen molar-refractivity contribution in [2.24, 2.45) is 5.41 Å². The van der Waals surface area contributed by atoms with Crippen molar-refractivity contribution >= 4 is 5.97 Å². The Balaban J connectivity index is 1.16. The average molecular weight is 455 g/mol. The molecule has 0 unspecified atom stereocenters. The van der Waals surface area contributed by atoms with Gasteiger partial charge in [-0.3, -0.25) is 0 Å². The monoisotopic (exact) mass is 454 g/mol. The molecular formula is C28H38O5. The highest BCUT2D eigenvalue weighted by molar-refractivity contribution is 5.88. The highest BCUT2D eigenvalue weighted by atomic mass is 16.5. The van der Waals surface area contributed by atoms with Gasteiger partial charge in [0.25, 0.3) is 0 Å². The van der Waals surface area contributed by atoms with Gasteiger partial charge in [-0.25, -0.2) is 4.79 Å². The minimum absolute atomic E-state index is 0.269. The van der Waals surface area contributed by atoms with Crippen LogP contribution in [0.15, 0.2) is 48.5 Å². The lowest BCUT2D eigenvalue weighted by atomic mass is 9.90. The number of carboxylic acids is 1. The molecule has 0 aliphatic carbocycles. The zero-order chi connectivity index (χ0) is 23.4. The number of hydrogen-bond donors (Lipinski definition) is 1. The first kappa shape index (κ1) is 25.3. The number of carboxylic acid groups (broad SMARTS) is 1. The third-order valence-corrected chi connectivity index (χ3v) is 6.12. The molecule has 1 heterocycles. The maximum absolute atomic E-state index is 11.0. The molecule has 0 spiro atoms. The molecule has 0 saturated carbocycles. The highest BCUT2D eigenvalue weighted by Crippen LogP contribution is 2.26. The third-order valence-electron chi connectivity index (χ3n) is 6.12. The largest absolute Gasteiger partial charge is 0.494 e. The van der Waals surface area contributed by atoms with Crippen LogP contribution in [-0.2, 0) is 9.47 Å². The fraction of sp³-hybridized carbons (Fsp3) is 0.536. The van der Waals surface area contributed by atoms with Crippen molar-refractivity contribution in [3.8, 4) is 16.9 Å². The van der Waals surface area contributed by atoms with Crippen LogP contribution in [0.25, 0.3) is 11.1 Å². The summed E-state index contributed by atoms with van der Waals surface area (Å²) in [5.74, 6) is -0.0295. The quantitative estimate of drug-likeness (QED) is 0.289. The predicted molar refractivity (Wildman–Crippen MR) is 131 cm³/mol. The molecule has 0 aromatic heterocycles. The summed E-state index contributed by atoms with van der Waals surface area (Å²) in [7, 11) is 0. The van der Waals surface area contributed by atoms with Gasteiger partial charge in [0, 0.05) is 12.0 Å². The van der Waals surface area contributed by atoms with Crippen molar-refractivity contribution in [3.63, 3.8) is 0 Å². The summed E-state index contributed by atoms with van der Waals surface area (Å²) in [6.45, 7) is 6.37. The van der Waals surface area contributed by atoms with Gasteiger partial charge in [0.05, 0.1) is 32.0 Å². The molecule has 33 heavy (non-hydrogen) atoms. The van der Waals surface area contributed by atoms with Gasteiger partial charge in [0.15, 0.2) is 0 Å². The molecule has 1 fully saturated rings. The lowest BCUT2D eigenvalue weighted by Crippen LogP contribution is -2.43. The van der Waals surface area contributed by atoms with Crippen molar-refractivity contribution in [2.45, 2.75) is 58.3 Å². The first-order valence-corrected chi connectivity index (χ1v) is 12.3. The number of carbonyl (C=O) groups is 1. The van der Waals surface area contributed by atoms with Gasteiger partial charge in [0.1, 0.15) is 5.75 Å². The van der Waals surface area contributed by atoms with Gasteiger partial charge in [-0.15, -0.1) is 0 Å². The predicted octanol–water partition coefficient (Wildman–Crippen LogP) is 6.60. The molecular weight excluding hydrogens is 416 g/mol. The Morgan fingerprint density at radius 2 is 1.33 bits per heavy atom.